The zero-order valence-electron chi connectivity index (χ0n) is 17.3. The number of hydrogen-bond acceptors (Lipinski definition) is 3. The molecule has 5 rings (SSSR count). The first-order valence-electron chi connectivity index (χ1n) is 11.3. The number of ether oxygens (including phenoxy) is 2. The lowest BCUT2D eigenvalue weighted by Crippen LogP contribution is -2.53. The van der Waals surface area contributed by atoms with Gasteiger partial charge in [0.05, 0.1) is 13.2 Å². The van der Waals surface area contributed by atoms with Crippen LogP contribution in [0.4, 0.5) is 0 Å². The van der Waals surface area contributed by atoms with Crippen molar-refractivity contribution in [3.8, 4) is 0 Å². The predicted octanol–water partition coefficient (Wildman–Crippen LogP) is 5.14. The monoisotopic (exact) mass is 372 g/mol. The summed E-state index contributed by atoms with van der Waals surface area (Å²) >= 11 is 0. The fourth-order valence-electron chi connectivity index (χ4n) is 8.40. The van der Waals surface area contributed by atoms with Crippen molar-refractivity contribution in [2.75, 3.05) is 13.2 Å². The maximum absolute atomic E-state index is 11.4. The lowest BCUT2D eigenvalue weighted by atomic mass is 9.46. The van der Waals surface area contributed by atoms with Crippen molar-refractivity contribution in [3.05, 3.63) is 11.6 Å². The van der Waals surface area contributed by atoms with Crippen molar-refractivity contribution < 1.29 is 14.3 Å². The van der Waals surface area contributed by atoms with Gasteiger partial charge in [0.2, 0.25) is 0 Å². The van der Waals surface area contributed by atoms with E-state index in [4.69, 9.17) is 9.47 Å². The molecule has 1 saturated heterocycles. The summed E-state index contributed by atoms with van der Waals surface area (Å²) in [6, 6.07) is 0. The second kappa shape index (κ2) is 6.16. The molecule has 1 heterocycles. The van der Waals surface area contributed by atoms with Crippen LogP contribution < -0.4 is 0 Å². The van der Waals surface area contributed by atoms with E-state index in [1.165, 1.54) is 44.8 Å². The summed E-state index contributed by atoms with van der Waals surface area (Å²) < 4.78 is 12.3. The molecule has 3 heteroatoms. The SMILES string of the molecule is CC1([C@H]2CC[C@H]3[C@@H]4CC=C5C[C@@H](C=O)CC[C@]5(C)[C@H]4CC[C@]23C)OCCO1. The molecule has 3 nitrogen and oxygen atoms in total. The molecular weight excluding hydrogens is 336 g/mol. The molecular formula is C24H36O3. The molecule has 0 spiro atoms. The highest BCUT2D eigenvalue weighted by molar-refractivity contribution is 5.55. The molecule has 3 saturated carbocycles. The van der Waals surface area contributed by atoms with Crippen LogP contribution in [-0.2, 0) is 14.3 Å². The summed E-state index contributed by atoms with van der Waals surface area (Å²) in [6.07, 6.45) is 13.5. The first-order valence-corrected chi connectivity index (χ1v) is 11.3. The van der Waals surface area contributed by atoms with Crippen LogP contribution >= 0.6 is 0 Å². The predicted molar refractivity (Wildman–Crippen MR) is 105 cm³/mol. The number of rotatable bonds is 2. The molecule has 0 radical (unpaired) electrons. The Morgan fingerprint density at radius 2 is 1.78 bits per heavy atom. The summed E-state index contributed by atoms with van der Waals surface area (Å²) in [5.41, 5.74) is 2.30. The average Bonchev–Trinajstić information content (AvgIpc) is 3.24. The van der Waals surface area contributed by atoms with E-state index in [1.807, 2.05) is 0 Å². The fourth-order valence-corrected chi connectivity index (χ4v) is 8.40. The van der Waals surface area contributed by atoms with Crippen LogP contribution in [0.25, 0.3) is 0 Å². The number of carbonyl (C=O) groups excluding carboxylic acids is 1. The molecule has 0 N–H and O–H groups in total. The van der Waals surface area contributed by atoms with E-state index < -0.39 is 0 Å². The summed E-state index contributed by atoms with van der Waals surface area (Å²) in [6.45, 7) is 8.78. The Bertz CT molecular complexity index is 648. The van der Waals surface area contributed by atoms with Gasteiger partial charge in [-0.05, 0) is 86.9 Å². The Kier molecular flexibility index (Phi) is 4.19. The van der Waals surface area contributed by atoms with Crippen molar-refractivity contribution in [1.82, 2.24) is 0 Å². The zero-order chi connectivity index (χ0) is 18.9. The maximum Gasteiger partial charge on any atom is 0.169 e. The van der Waals surface area contributed by atoms with E-state index in [9.17, 15) is 4.79 Å². The molecule has 0 aromatic rings. The van der Waals surface area contributed by atoms with Crippen LogP contribution in [0.15, 0.2) is 11.6 Å². The Morgan fingerprint density at radius 3 is 2.52 bits per heavy atom. The first-order chi connectivity index (χ1) is 12.9. The first kappa shape index (κ1) is 18.4. The largest absolute Gasteiger partial charge is 0.348 e. The van der Waals surface area contributed by atoms with Crippen LogP contribution in [0.2, 0.25) is 0 Å². The van der Waals surface area contributed by atoms with E-state index in [-0.39, 0.29) is 11.7 Å². The van der Waals surface area contributed by atoms with Gasteiger partial charge in [0.25, 0.3) is 0 Å². The van der Waals surface area contributed by atoms with Crippen LogP contribution in [0, 0.1) is 40.4 Å². The maximum atomic E-state index is 11.4. The van der Waals surface area contributed by atoms with Crippen LogP contribution in [-0.4, -0.2) is 25.3 Å². The fraction of sp³-hybridized carbons (Fsp3) is 0.875. The molecule has 0 aromatic carbocycles. The second-order valence-corrected chi connectivity index (χ2v) is 10.8. The van der Waals surface area contributed by atoms with Gasteiger partial charge >= 0.3 is 0 Å². The van der Waals surface area contributed by atoms with Gasteiger partial charge < -0.3 is 14.3 Å². The third kappa shape index (κ3) is 2.50. The molecule has 4 aliphatic carbocycles. The molecule has 1 aliphatic heterocycles. The Hall–Kier alpha value is -0.670. The minimum Gasteiger partial charge on any atom is -0.348 e. The van der Waals surface area contributed by atoms with Gasteiger partial charge in [-0.25, -0.2) is 0 Å². The normalized spacial score (nSPS) is 51.1. The third-order valence-electron chi connectivity index (χ3n) is 9.83. The van der Waals surface area contributed by atoms with Crippen molar-refractivity contribution in [2.45, 2.75) is 77.9 Å². The second-order valence-electron chi connectivity index (χ2n) is 10.8. The van der Waals surface area contributed by atoms with Gasteiger partial charge in [0.1, 0.15) is 6.29 Å². The number of fused-ring (bicyclic) bond motifs is 5. The topological polar surface area (TPSA) is 35.5 Å². The molecule has 4 fully saturated rings. The molecule has 150 valence electrons. The van der Waals surface area contributed by atoms with E-state index in [1.54, 1.807) is 5.57 Å². The van der Waals surface area contributed by atoms with Gasteiger partial charge in [-0.15, -0.1) is 0 Å². The van der Waals surface area contributed by atoms with E-state index >= 15 is 0 Å². The molecule has 7 atom stereocenters. The van der Waals surface area contributed by atoms with Gasteiger partial charge in [0.15, 0.2) is 5.79 Å². The minimum atomic E-state index is -0.363. The van der Waals surface area contributed by atoms with Gasteiger partial charge in [-0.1, -0.05) is 25.5 Å². The van der Waals surface area contributed by atoms with E-state index in [0.29, 0.717) is 16.7 Å². The lowest BCUT2D eigenvalue weighted by molar-refractivity contribution is -0.214. The minimum absolute atomic E-state index is 0.266. The molecule has 0 bridgehead atoms. The third-order valence-corrected chi connectivity index (χ3v) is 9.83. The van der Waals surface area contributed by atoms with Gasteiger partial charge in [-0.3, -0.25) is 0 Å². The highest BCUT2D eigenvalue weighted by Gasteiger charge is 2.62. The quantitative estimate of drug-likeness (QED) is 0.497. The molecule has 27 heavy (non-hydrogen) atoms. The summed E-state index contributed by atoms with van der Waals surface area (Å²) in [4.78, 5) is 11.4. The molecule has 0 aromatic heterocycles. The Labute approximate surface area is 164 Å². The Balaban J connectivity index is 1.43. The molecule has 5 aliphatic rings. The number of aldehydes is 1. The van der Waals surface area contributed by atoms with Crippen LogP contribution in [0.3, 0.4) is 0 Å². The number of hydrogen-bond donors (Lipinski definition) is 0. The molecule has 0 amide bonds. The van der Waals surface area contributed by atoms with Crippen molar-refractivity contribution >= 4 is 6.29 Å². The lowest BCUT2D eigenvalue weighted by Gasteiger charge is -2.58. The van der Waals surface area contributed by atoms with Crippen molar-refractivity contribution in [1.29, 1.82) is 0 Å². The average molecular weight is 373 g/mol. The van der Waals surface area contributed by atoms with Gasteiger partial charge in [0, 0.05) is 11.8 Å². The summed E-state index contributed by atoms with van der Waals surface area (Å²) in [5.74, 6) is 2.84. The standard InChI is InChI=1S/C24H36O3/c1-22-10-8-16(15-25)14-17(22)4-5-18-19-6-7-21(24(3)26-12-13-27-24)23(19,2)11-9-20(18)22/h4,15-16,18-21H,5-14H2,1-3H3/t16-,18-,19-,20-,21-,22-,23-/m0/s1. The van der Waals surface area contributed by atoms with Crippen molar-refractivity contribution in [2.24, 2.45) is 40.4 Å². The number of carbonyl (C=O) groups is 1. The van der Waals surface area contributed by atoms with E-state index in [0.717, 1.165) is 43.8 Å². The van der Waals surface area contributed by atoms with Crippen molar-refractivity contribution in [3.63, 3.8) is 0 Å². The highest BCUT2D eigenvalue weighted by Crippen LogP contribution is 2.68. The van der Waals surface area contributed by atoms with Gasteiger partial charge in [-0.2, -0.15) is 0 Å². The summed E-state index contributed by atoms with van der Waals surface area (Å²) in [7, 11) is 0. The van der Waals surface area contributed by atoms with E-state index in [2.05, 4.69) is 26.8 Å². The zero-order valence-corrected chi connectivity index (χ0v) is 17.3. The van der Waals surface area contributed by atoms with Crippen LogP contribution in [0.5, 0.6) is 0 Å². The Morgan fingerprint density at radius 1 is 1.00 bits per heavy atom. The highest BCUT2D eigenvalue weighted by atomic mass is 16.7. The van der Waals surface area contributed by atoms with Crippen LogP contribution in [0.1, 0.15) is 72.1 Å². The number of allylic oxidation sites excluding steroid dienone is 2. The summed E-state index contributed by atoms with van der Waals surface area (Å²) in [5, 5.41) is 0. The molecule has 0 unspecified atom stereocenters. The smallest absolute Gasteiger partial charge is 0.169 e.